The molecule has 0 saturated carbocycles. The van der Waals surface area contributed by atoms with Gasteiger partial charge in [-0.3, -0.25) is 9.58 Å². The van der Waals surface area contributed by atoms with E-state index in [0.717, 1.165) is 44.3 Å². The molecule has 6 nitrogen and oxygen atoms in total. The molecule has 0 bridgehead atoms. The van der Waals surface area contributed by atoms with Crippen LogP contribution >= 0.6 is 0 Å². The Morgan fingerprint density at radius 1 is 1.29 bits per heavy atom. The average molecular weight is 329 g/mol. The van der Waals surface area contributed by atoms with Gasteiger partial charge in [0.15, 0.2) is 11.5 Å². The van der Waals surface area contributed by atoms with Gasteiger partial charge in [0.05, 0.1) is 12.3 Å². The summed E-state index contributed by atoms with van der Waals surface area (Å²) in [4.78, 5) is 2.45. The molecule has 1 atom stereocenters. The maximum Gasteiger partial charge on any atom is 0.231 e. The second-order valence-corrected chi connectivity index (χ2v) is 6.43. The summed E-state index contributed by atoms with van der Waals surface area (Å²) >= 11 is 0. The summed E-state index contributed by atoms with van der Waals surface area (Å²) in [6, 6.07) is 6.19. The van der Waals surface area contributed by atoms with Gasteiger partial charge in [-0.2, -0.15) is 5.10 Å². The van der Waals surface area contributed by atoms with Crippen LogP contribution in [0.5, 0.6) is 11.5 Å². The van der Waals surface area contributed by atoms with E-state index in [4.69, 9.17) is 14.2 Å². The van der Waals surface area contributed by atoms with Gasteiger partial charge in [-0.05, 0) is 24.6 Å². The number of ether oxygens (including phenoxy) is 3. The number of aryl methyl sites for hydroxylation is 1. The first kappa shape index (κ1) is 15.5. The molecule has 6 heteroatoms. The molecule has 2 aliphatic rings. The first-order valence-corrected chi connectivity index (χ1v) is 8.44. The van der Waals surface area contributed by atoms with Crippen LogP contribution in [0.15, 0.2) is 24.4 Å². The van der Waals surface area contributed by atoms with Crippen LogP contribution in [0.1, 0.15) is 29.7 Å². The zero-order chi connectivity index (χ0) is 16.5. The Morgan fingerprint density at radius 2 is 2.17 bits per heavy atom. The van der Waals surface area contributed by atoms with Crippen molar-refractivity contribution in [2.75, 3.05) is 26.6 Å². The van der Waals surface area contributed by atoms with E-state index in [1.165, 1.54) is 16.8 Å². The van der Waals surface area contributed by atoms with Crippen molar-refractivity contribution in [2.24, 2.45) is 7.05 Å². The number of fused-ring (bicyclic) bond motifs is 2. The molecule has 3 heterocycles. The molecule has 1 aromatic heterocycles. The van der Waals surface area contributed by atoms with E-state index in [9.17, 15) is 0 Å². The monoisotopic (exact) mass is 329 g/mol. The van der Waals surface area contributed by atoms with Crippen LogP contribution in [0, 0.1) is 0 Å². The van der Waals surface area contributed by atoms with E-state index in [1.54, 1.807) is 0 Å². The quantitative estimate of drug-likeness (QED) is 0.842. The number of hydrogen-bond acceptors (Lipinski definition) is 5. The van der Waals surface area contributed by atoms with Crippen molar-refractivity contribution in [3.8, 4) is 11.5 Å². The standard InChI is InChI=1S/C18H23N3O3/c1-3-22-11-15-10-21(9-14-8-20(2)19-18(14)15)7-13-4-5-16-17(6-13)24-12-23-16/h4-6,8,15H,3,7,9-12H2,1-2H3/t15-/m1/s1. The lowest BCUT2D eigenvalue weighted by Crippen LogP contribution is -2.34. The third kappa shape index (κ3) is 2.99. The molecule has 1 aromatic carbocycles. The predicted molar refractivity (Wildman–Crippen MR) is 89.1 cm³/mol. The number of hydrogen-bond donors (Lipinski definition) is 0. The Hall–Kier alpha value is -2.05. The van der Waals surface area contributed by atoms with Gasteiger partial charge >= 0.3 is 0 Å². The SMILES string of the molecule is CCOC[C@H]1CN(Cc2ccc3c(c2)OCO3)Cc2cn(C)nc21. The normalized spacial score (nSPS) is 19.5. The second kappa shape index (κ2) is 6.45. The smallest absolute Gasteiger partial charge is 0.231 e. The molecule has 2 aromatic rings. The van der Waals surface area contributed by atoms with Gasteiger partial charge in [0, 0.05) is 51.0 Å². The van der Waals surface area contributed by atoms with E-state index < -0.39 is 0 Å². The fourth-order valence-corrected chi connectivity index (χ4v) is 3.53. The maximum atomic E-state index is 5.69. The molecule has 4 rings (SSSR count). The van der Waals surface area contributed by atoms with Gasteiger partial charge in [0.1, 0.15) is 0 Å². The Balaban J connectivity index is 1.51. The van der Waals surface area contributed by atoms with E-state index in [2.05, 4.69) is 28.3 Å². The Bertz CT molecular complexity index is 728. The minimum absolute atomic E-state index is 0.317. The van der Waals surface area contributed by atoms with Crippen LogP contribution in [-0.2, 0) is 24.9 Å². The lowest BCUT2D eigenvalue weighted by Gasteiger charge is -2.31. The third-order valence-corrected chi connectivity index (χ3v) is 4.56. The highest BCUT2D eigenvalue weighted by Gasteiger charge is 2.28. The van der Waals surface area contributed by atoms with Crippen LogP contribution < -0.4 is 9.47 Å². The lowest BCUT2D eigenvalue weighted by molar-refractivity contribution is 0.104. The van der Waals surface area contributed by atoms with Crippen molar-refractivity contribution in [1.29, 1.82) is 0 Å². The maximum absolute atomic E-state index is 5.69. The van der Waals surface area contributed by atoms with Crippen LogP contribution in [0.3, 0.4) is 0 Å². The molecule has 0 fully saturated rings. The average Bonchev–Trinajstić information content (AvgIpc) is 3.17. The van der Waals surface area contributed by atoms with E-state index in [-0.39, 0.29) is 0 Å². The van der Waals surface area contributed by atoms with Gasteiger partial charge in [0.25, 0.3) is 0 Å². The minimum Gasteiger partial charge on any atom is -0.454 e. The van der Waals surface area contributed by atoms with Gasteiger partial charge in [0.2, 0.25) is 6.79 Å². The van der Waals surface area contributed by atoms with Crippen molar-refractivity contribution < 1.29 is 14.2 Å². The summed E-state index contributed by atoms with van der Waals surface area (Å²) in [6.07, 6.45) is 2.13. The van der Waals surface area contributed by atoms with Crippen molar-refractivity contribution in [2.45, 2.75) is 25.9 Å². The van der Waals surface area contributed by atoms with Crippen molar-refractivity contribution in [3.63, 3.8) is 0 Å². The van der Waals surface area contributed by atoms with Gasteiger partial charge in [-0.25, -0.2) is 0 Å². The summed E-state index contributed by atoms with van der Waals surface area (Å²) in [5, 5.41) is 4.65. The van der Waals surface area contributed by atoms with Crippen LogP contribution in [0.2, 0.25) is 0 Å². The molecule has 0 N–H and O–H groups in total. The van der Waals surface area contributed by atoms with E-state index in [0.29, 0.717) is 12.7 Å². The van der Waals surface area contributed by atoms with Crippen LogP contribution in [0.4, 0.5) is 0 Å². The van der Waals surface area contributed by atoms with Crippen molar-refractivity contribution in [3.05, 3.63) is 41.2 Å². The highest BCUT2D eigenvalue weighted by molar-refractivity contribution is 5.44. The predicted octanol–water partition coefficient (Wildman–Crippen LogP) is 2.28. The lowest BCUT2D eigenvalue weighted by atomic mass is 9.97. The highest BCUT2D eigenvalue weighted by Crippen LogP contribution is 2.34. The Labute approximate surface area is 141 Å². The number of rotatable bonds is 5. The molecule has 0 radical (unpaired) electrons. The molecular weight excluding hydrogens is 306 g/mol. The Morgan fingerprint density at radius 3 is 3.04 bits per heavy atom. The third-order valence-electron chi connectivity index (χ3n) is 4.56. The summed E-state index contributed by atoms with van der Waals surface area (Å²) in [5.41, 5.74) is 3.73. The largest absolute Gasteiger partial charge is 0.454 e. The fraction of sp³-hybridized carbons (Fsp3) is 0.500. The topological polar surface area (TPSA) is 48.8 Å². The molecule has 24 heavy (non-hydrogen) atoms. The van der Waals surface area contributed by atoms with Crippen LogP contribution in [-0.4, -0.2) is 41.2 Å². The second-order valence-electron chi connectivity index (χ2n) is 6.43. The summed E-state index contributed by atoms with van der Waals surface area (Å²) < 4.78 is 18.5. The number of nitrogens with zero attached hydrogens (tertiary/aromatic N) is 3. The first-order chi connectivity index (χ1) is 11.7. The molecule has 0 saturated heterocycles. The number of aromatic nitrogens is 2. The van der Waals surface area contributed by atoms with Crippen LogP contribution in [0.25, 0.3) is 0 Å². The molecule has 2 aliphatic heterocycles. The van der Waals surface area contributed by atoms with Crippen molar-refractivity contribution >= 4 is 0 Å². The molecule has 0 spiro atoms. The zero-order valence-corrected chi connectivity index (χ0v) is 14.2. The van der Waals surface area contributed by atoms with Gasteiger partial charge < -0.3 is 14.2 Å². The van der Waals surface area contributed by atoms with E-state index >= 15 is 0 Å². The minimum atomic E-state index is 0.317. The zero-order valence-electron chi connectivity index (χ0n) is 14.2. The van der Waals surface area contributed by atoms with Gasteiger partial charge in [-0.1, -0.05) is 6.07 Å². The summed E-state index contributed by atoms with van der Waals surface area (Å²) in [7, 11) is 1.98. The number of benzene rings is 1. The summed E-state index contributed by atoms with van der Waals surface area (Å²) in [5.74, 6) is 2.00. The molecule has 0 aliphatic carbocycles. The first-order valence-electron chi connectivity index (χ1n) is 8.44. The molecule has 0 unspecified atom stereocenters. The molecular formula is C18H23N3O3. The highest BCUT2D eigenvalue weighted by atomic mass is 16.7. The molecule has 128 valence electrons. The molecule has 0 amide bonds. The Kier molecular flexibility index (Phi) is 4.16. The fourth-order valence-electron chi connectivity index (χ4n) is 3.53. The van der Waals surface area contributed by atoms with E-state index in [1.807, 2.05) is 24.7 Å². The summed E-state index contributed by atoms with van der Waals surface area (Å²) in [6.45, 7) is 6.57. The van der Waals surface area contributed by atoms with Crippen molar-refractivity contribution in [1.82, 2.24) is 14.7 Å². The van der Waals surface area contributed by atoms with Gasteiger partial charge in [-0.15, -0.1) is 0 Å².